The van der Waals surface area contributed by atoms with Gasteiger partial charge in [-0.1, -0.05) is 51.1 Å². The van der Waals surface area contributed by atoms with Gasteiger partial charge in [-0.25, -0.2) is 4.79 Å². The molecular weight excluding hydrogens is 258 g/mol. The molecule has 0 aliphatic heterocycles. The predicted octanol–water partition coefficient (Wildman–Crippen LogP) is 2.66. The lowest BCUT2D eigenvalue weighted by molar-refractivity contribution is -0.145. The van der Waals surface area contributed by atoms with E-state index in [0.717, 1.165) is 5.56 Å². The topological polar surface area (TPSA) is 75.6 Å². The molecule has 1 aromatic rings. The van der Waals surface area contributed by atoms with Crippen LogP contribution in [0.25, 0.3) is 0 Å². The number of ether oxygens (including phenoxy) is 1. The number of hydrogen-bond acceptors (Lipinski definition) is 3. The van der Waals surface area contributed by atoms with Gasteiger partial charge in [-0.2, -0.15) is 0 Å². The Morgan fingerprint density at radius 1 is 1.25 bits per heavy atom. The molecule has 0 spiro atoms. The van der Waals surface area contributed by atoms with Crippen LogP contribution in [0.1, 0.15) is 26.3 Å². The standard InChI is InChI=1S/C15H21NO4/c1-15(2,3)12(13(17)18)9-16-14(19)20-10-11-7-5-4-6-8-11/h4-8,12H,9-10H2,1-3H3,(H,16,19)(H,17,18)/t12-/m1/s1. The summed E-state index contributed by atoms with van der Waals surface area (Å²) in [5.74, 6) is -1.59. The van der Waals surface area contributed by atoms with Gasteiger partial charge in [0, 0.05) is 6.54 Å². The first kappa shape index (κ1) is 16.0. The van der Waals surface area contributed by atoms with Gasteiger partial charge < -0.3 is 15.2 Å². The first-order valence-corrected chi connectivity index (χ1v) is 6.48. The summed E-state index contributed by atoms with van der Waals surface area (Å²) in [5, 5.41) is 11.6. The molecule has 110 valence electrons. The number of rotatable bonds is 5. The Bertz CT molecular complexity index is 451. The normalized spacial score (nSPS) is 12.6. The van der Waals surface area contributed by atoms with Crippen LogP contribution < -0.4 is 5.32 Å². The fourth-order valence-corrected chi connectivity index (χ4v) is 1.72. The number of alkyl carbamates (subject to hydrolysis) is 1. The number of benzene rings is 1. The second-order valence-electron chi connectivity index (χ2n) is 5.70. The minimum absolute atomic E-state index is 0.0481. The molecule has 5 nitrogen and oxygen atoms in total. The van der Waals surface area contributed by atoms with E-state index < -0.39 is 23.4 Å². The maximum Gasteiger partial charge on any atom is 0.407 e. The van der Waals surface area contributed by atoms with Crippen LogP contribution >= 0.6 is 0 Å². The van der Waals surface area contributed by atoms with Crippen molar-refractivity contribution in [2.45, 2.75) is 27.4 Å². The first-order valence-electron chi connectivity index (χ1n) is 6.48. The quantitative estimate of drug-likeness (QED) is 0.868. The van der Waals surface area contributed by atoms with Gasteiger partial charge in [-0.3, -0.25) is 4.79 Å². The van der Waals surface area contributed by atoms with Crippen LogP contribution in [0, 0.1) is 11.3 Å². The van der Waals surface area contributed by atoms with Crippen LogP contribution in [0.15, 0.2) is 30.3 Å². The molecule has 5 heteroatoms. The lowest BCUT2D eigenvalue weighted by Crippen LogP contribution is -2.39. The summed E-state index contributed by atoms with van der Waals surface area (Å²) in [6.45, 7) is 5.68. The molecule has 0 aliphatic rings. The monoisotopic (exact) mass is 279 g/mol. The summed E-state index contributed by atoms with van der Waals surface area (Å²) in [5.41, 5.74) is 0.451. The van der Waals surface area contributed by atoms with Gasteiger partial charge in [0.1, 0.15) is 6.61 Å². The summed E-state index contributed by atoms with van der Waals surface area (Å²) in [7, 11) is 0. The highest BCUT2D eigenvalue weighted by atomic mass is 16.5. The molecule has 0 fully saturated rings. The highest BCUT2D eigenvalue weighted by Gasteiger charge is 2.31. The molecule has 0 bridgehead atoms. The van der Waals surface area contributed by atoms with Crippen molar-refractivity contribution < 1.29 is 19.4 Å². The number of carbonyl (C=O) groups excluding carboxylic acids is 1. The molecule has 0 heterocycles. The molecule has 0 saturated carbocycles. The van der Waals surface area contributed by atoms with Crippen molar-refractivity contribution in [2.75, 3.05) is 6.54 Å². The SMILES string of the molecule is CC(C)(C)[C@H](CNC(=O)OCc1ccccc1)C(=O)O. The molecule has 0 aromatic heterocycles. The Kier molecular flexibility index (Phi) is 5.55. The number of carbonyl (C=O) groups is 2. The van der Waals surface area contributed by atoms with E-state index in [-0.39, 0.29) is 13.2 Å². The van der Waals surface area contributed by atoms with E-state index in [2.05, 4.69) is 5.32 Å². The zero-order valence-electron chi connectivity index (χ0n) is 12.1. The number of aliphatic carboxylic acids is 1. The first-order chi connectivity index (χ1) is 9.30. The maximum absolute atomic E-state index is 11.5. The van der Waals surface area contributed by atoms with Crippen molar-refractivity contribution in [3.8, 4) is 0 Å². The van der Waals surface area contributed by atoms with Crippen molar-refractivity contribution in [1.29, 1.82) is 0 Å². The lowest BCUT2D eigenvalue weighted by atomic mass is 9.81. The van der Waals surface area contributed by atoms with Crippen molar-refractivity contribution in [3.63, 3.8) is 0 Å². The molecule has 0 aliphatic carbocycles. The fourth-order valence-electron chi connectivity index (χ4n) is 1.72. The van der Waals surface area contributed by atoms with Gasteiger partial charge in [0.15, 0.2) is 0 Å². The Morgan fingerprint density at radius 2 is 1.85 bits per heavy atom. The van der Waals surface area contributed by atoms with Gasteiger partial charge in [0.2, 0.25) is 0 Å². The van der Waals surface area contributed by atoms with Crippen molar-refractivity contribution in [2.24, 2.45) is 11.3 Å². The van der Waals surface area contributed by atoms with E-state index >= 15 is 0 Å². The summed E-state index contributed by atoms with van der Waals surface area (Å²) in [6.07, 6.45) is -0.607. The average molecular weight is 279 g/mol. The molecule has 1 atom stereocenters. The average Bonchev–Trinajstić information content (AvgIpc) is 2.35. The van der Waals surface area contributed by atoms with E-state index in [1.165, 1.54) is 0 Å². The van der Waals surface area contributed by atoms with Crippen LogP contribution in [0.2, 0.25) is 0 Å². The molecule has 0 unspecified atom stereocenters. The van der Waals surface area contributed by atoms with Crippen LogP contribution in [0.5, 0.6) is 0 Å². The number of amides is 1. The molecular formula is C15H21NO4. The summed E-state index contributed by atoms with van der Waals surface area (Å²) < 4.78 is 5.03. The summed E-state index contributed by atoms with van der Waals surface area (Å²) in [6, 6.07) is 9.29. The number of hydrogen-bond donors (Lipinski definition) is 2. The minimum Gasteiger partial charge on any atom is -0.481 e. The fraction of sp³-hybridized carbons (Fsp3) is 0.467. The zero-order valence-corrected chi connectivity index (χ0v) is 12.1. The second-order valence-corrected chi connectivity index (χ2v) is 5.70. The third kappa shape index (κ3) is 5.30. The van der Waals surface area contributed by atoms with Gasteiger partial charge in [0.05, 0.1) is 5.92 Å². The minimum atomic E-state index is -0.930. The van der Waals surface area contributed by atoms with Crippen molar-refractivity contribution in [3.05, 3.63) is 35.9 Å². The van der Waals surface area contributed by atoms with E-state index in [0.29, 0.717) is 0 Å². The van der Waals surface area contributed by atoms with Crippen LogP contribution in [0.4, 0.5) is 4.79 Å². The smallest absolute Gasteiger partial charge is 0.407 e. The Balaban J connectivity index is 2.41. The Labute approximate surface area is 118 Å². The maximum atomic E-state index is 11.5. The van der Waals surface area contributed by atoms with Gasteiger partial charge >= 0.3 is 12.1 Å². The highest BCUT2D eigenvalue weighted by Crippen LogP contribution is 2.25. The van der Waals surface area contributed by atoms with Crippen LogP contribution in [-0.4, -0.2) is 23.7 Å². The second kappa shape index (κ2) is 6.93. The zero-order chi connectivity index (χ0) is 15.2. The van der Waals surface area contributed by atoms with E-state index in [1.54, 1.807) is 0 Å². The molecule has 0 radical (unpaired) electrons. The predicted molar refractivity (Wildman–Crippen MR) is 75.2 cm³/mol. The Hall–Kier alpha value is -2.04. The summed E-state index contributed by atoms with van der Waals surface area (Å²) in [4.78, 5) is 22.7. The third-order valence-electron chi connectivity index (χ3n) is 3.01. The van der Waals surface area contributed by atoms with Gasteiger partial charge in [-0.15, -0.1) is 0 Å². The molecule has 0 saturated heterocycles. The largest absolute Gasteiger partial charge is 0.481 e. The van der Waals surface area contributed by atoms with E-state index in [1.807, 2.05) is 51.1 Å². The number of carboxylic acids is 1. The van der Waals surface area contributed by atoms with Crippen molar-refractivity contribution >= 4 is 12.1 Å². The number of nitrogens with one attached hydrogen (secondary N) is 1. The molecule has 2 N–H and O–H groups in total. The molecule has 20 heavy (non-hydrogen) atoms. The van der Waals surface area contributed by atoms with E-state index in [4.69, 9.17) is 9.84 Å². The van der Waals surface area contributed by atoms with Gasteiger partial charge in [-0.05, 0) is 11.0 Å². The van der Waals surface area contributed by atoms with Gasteiger partial charge in [0.25, 0.3) is 0 Å². The number of carboxylic acid groups (broad SMARTS) is 1. The molecule has 1 amide bonds. The lowest BCUT2D eigenvalue weighted by Gasteiger charge is -2.26. The van der Waals surface area contributed by atoms with E-state index in [9.17, 15) is 9.59 Å². The van der Waals surface area contributed by atoms with Crippen molar-refractivity contribution in [1.82, 2.24) is 5.32 Å². The van der Waals surface area contributed by atoms with Crippen LogP contribution in [0.3, 0.4) is 0 Å². The molecule has 1 aromatic carbocycles. The highest BCUT2D eigenvalue weighted by molar-refractivity contribution is 5.73. The molecule has 1 rings (SSSR count). The van der Waals surface area contributed by atoms with Crippen LogP contribution in [-0.2, 0) is 16.1 Å². The Morgan fingerprint density at radius 3 is 2.35 bits per heavy atom. The summed E-state index contributed by atoms with van der Waals surface area (Å²) >= 11 is 0. The third-order valence-corrected chi connectivity index (χ3v) is 3.01.